The van der Waals surface area contributed by atoms with Gasteiger partial charge in [0.1, 0.15) is 11.6 Å². The normalized spacial score (nSPS) is 15.5. The standard InChI is InChI=1S/C18H15NO3S2/c1-21-14-9-5-8-13(10-15-17(23)19-18(20)24-15)16(14)22-11-12-6-3-2-4-7-12/h2-10H,11H2,1H3,(H,19,20,23)/b15-10+. The van der Waals surface area contributed by atoms with Crippen molar-refractivity contribution in [1.29, 1.82) is 0 Å². The molecule has 0 unspecified atom stereocenters. The van der Waals surface area contributed by atoms with Crippen LogP contribution >= 0.6 is 24.0 Å². The van der Waals surface area contributed by atoms with Crippen molar-refractivity contribution in [1.82, 2.24) is 5.32 Å². The summed E-state index contributed by atoms with van der Waals surface area (Å²) in [6.07, 6.45) is 1.84. The van der Waals surface area contributed by atoms with E-state index in [4.69, 9.17) is 21.7 Å². The zero-order chi connectivity index (χ0) is 16.9. The zero-order valence-electron chi connectivity index (χ0n) is 12.9. The molecule has 0 atom stereocenters. The molecule has 1 amide bonds. The van der Waals surface area contributed by atoms with Gasteiger partial charge in [0.15, 0.2) is 11.5 Å². The van der Waals surface area contributed by atoms with Gasteiger partial charge >= 0.3 is 0 Å². The van der Waals surface area contributed by atoms with Gasteiger partial charge in [0.05, 0.1) is 12.0 Å². The Bertz CT molecular complexity index is 803. The molecule has 3 rings (SSSR count). The van der Waals surface area contributed by atoms with E-state index in [1.807, 2.05) is 54.6 Å². The number of hydrogen-bond donors (Lipinski definition) is 1. The van der Waals surface area contributed by atoms with Crippen LogP contribution in [-0.2, 0) is 6.61 Å². The van der Waals surface area contributed by atoms with E-state index in [1.165, 1.54) is 0 Å². The Kier molecular flexibility index (Phi) is 5.17. The summed E-state index contributed by atoms with van der Waals surface area (Å²) in [6, 6.07) is 15.5. The fraction of sp³-hybridized carbons (Fsp3) is 0.111. The van der Waals surface area contributed by atoms with E-state index in [1.54, 1.807) is 7.11 Å². The lowest BCUT2D eigenvalue weighted by atomic mass is 10.1. The van der Waals surface area contributed by atoms with Gasteiger partial charge in [-0.3, -0.25) is 4.79 Å². The van der Waals surface area contributed by atoms with Crippen molar-refractivity contribution in [2.24, 2.45) is 0 Å². The molecule has 0 aromatic heterocycles. The minimum Gasteiger partial charge on any atom is -0.493 e. The number of methoxy groups -OCH3 is 1. The van der Waals surface area contributed by atoms with E-state index in [0.29, 0.717) is 28.0 Å². The number of hydrogen-bond acceptors (Lipinski definition) is 5. The summed E-state index contributed by atoms with van der Waals surface area (Å²) < 4.78 is 11.4. The van der Waals surface area contributed by atoms with Crippen molar-refractivity contribution in [2.45, 2.75) is 6.61 Å². The molecule has 1 fully saturated rings. The molecular formula is C18H15NO3S2. The molecule has 0 bridgehead atoms. The molecule has 1 aliphatic rings. The zero-order valence-corrected chi connectivity index (χ0v) is 14.6. The largest absolute Gasteiger partial charge is 0.493 e. The fourth-order valence-corrected chi connectivity index (χ4v) is 3.28. The van der Waals surface area contributed by atoms with Crippen molar-refractivity contribution in [3.8, 4) is 11.5 Å². The quantitative estimate of drug-likeness (QED) is 0.635. The lowest BCUT2D eigenvalue weighted by Crippen LogP contribution is -2.15. The molecule has 0 aliphatic carbocycles. The van der Waals surface area contributed by atoms with E-state index in [2.05, 4.69) is 5.32 Å². The molecule has 6 heteroatoms. The number of carbonyl (C=O) groups is 1. The molecule has 0 saturated carbocycles. The van der Waals surface area contributed by atoms with E-state index >= 15 is 0 Å². The molecule has 0 spiro atoms. The molecule has 1 saturated heterocycles. The number of benzene rings is 2. The van der Waals surface area contributed by atoms with Crippen LogP contribution in [-0.4, -0.2) is 17.3 Å². The average Bonchev–Trinajstić information content (AvgIpc) is 2.91. The van der Waals surface area contributed by atoms with Gasteiger partial charge in [-0.2, -0.15) is 0 Å². The second-order valence-electron chi connectivity index (χ2n) is 5.01. The van der Waals surface area contributed by atoms with Crippen LogP contribution in [0, 0.1) is 0 Å². The minimum atomic E-state index is -0.166. The van der Waals surface area contributed by atoms with Crippen LogP contribution in [0.25, 0.3) is 6.08 Å². The van der Waals surface area contributed by atoms with Crippen LogP contribution in [0.1, 0.15) is 11.1 Å². The summed E-state index contributed by atoms with van der Waals surface area (Å²) in [4.78, 5) is 12.6. The maximum atomic E-state index is 11.4. The molecule has 122 valence electrons. The highest BCUT2D eigenvalue weighted by molar-refractivity contribution is 8.19. The van der Waals surface area contributed by atoms with E-state index in [9.17, 15) is 4.79 Å². The number of thioether (sulfide) groups is 1. The van der Waals surface area contributed by atoms with Crippen LogP contribution in [0.5, 0.6) is 11.5 Å². The van der Waals surface area contributed by atoms with Crippen LogP contribution in [0.4, 0.5) is 4.79 Å². The first-order valence-electron chi connectivity index (χ1n) is 7.26. The van der Waals surface area contributed by atoms with E-state index < -0.39 is 0 Å². The maximum absolute atomic E-state index is 11.4. The third-order valence-corrected chi connectivity index (χ3v) is 4.66. The second kappa shape index (κ2) is 7.51. The molecule has 2 aromatic carbocycles. The van der Waals surface area contributed by atoms with Crippen LogP contribution in [0.3, 0.4) is 0 Å². The fourth-order valence-electron chi connectivity index (χ4n) is 2.25. The number of thiocarbonyl (C=S) groups is 1. The first kappa shape index (κ1) is 16.5. The van der Waals surface area contributed by atoms with Crippen molar-refractivity contribution in [3.63, 3.8) is 0 Å². The highest BCUT2D eigenvalue weighted by Gasteiger charge is 2.22. The minimum absolute atomic E-state index is 0.166. The predicted octanol–water partition coefficient (Wildman–Crippen LogP) is 4.40. The monoisotopic (exact) mass is 357 g/mol. The Balaban J connectivity index is 1.90. The van der Waals surface area contributed by atoms with Gasteiger partial charge in [0.2, 0.25) is 0 Å². The van der Waals surface area contributed by atoms with Crippen LogP contribution in [0.2, 0.25) is 0 Å². The number of carbonyl (C=O) groups excluding carboxylic acids is 1. The Hall–Kier alpha value is -2.31. The number of amides is 1. The number of para-hydroxylation sites is 1. The predicted molar refractivity (Wildman–Crippen MR) is 100 cm³/mol. The van der Waals surface area contributed by atoms with Gasteiger partial charge < -0.3 is 14.8 Å². The lowest BCUT2D eigenvalue weighted by molar-refractivity contribution is 0.265. The first-order chi connectivity index (χ1) is 11.7. The van der Waals surface area contributed by atoms with Crippen molar-refractivity contribution < 1.29 is 14.3 Å². The molecule has 1 heterocycles. The molecule has 0 radical (unpaired) electrons. The van der Waals surface area contributed by atoms with Crippen LogP contribution < -0.4 is 14.8 Å². The maximum Gasteiger partial charge on any atom is 0.289 e. The summed E-state index contributed by atoms with van der Waals surface area (Å²) in [5, 5.41) is 2.44. The summed E-state index contributed by atoms with van der Waals surface area (Å²) in [6.45, 7) is 0.423. The Morgan fingerprint density at radius 1 is 1.17 bits per heavy atom. The highest BCUT2D eigenvalue weighted by atomic mass is 32.2. The van der Waals surface area contributed by atoms with Gasteiger partial charge in [0.25, 0.3) is 5.24 Å². The van der Waals surface area contributed by atoms with Crippen molar-refractivity contribution in [2.75, 3.05) is 7.11 Å². The smallest absolute Gasteiger partial charge is 0.289 e. The Morgan fingerprint density at radius 2 is 1.96 bits per heavy atom. The summed E-state index contributed by atoms with van der Waals surface area (Å²) in [5.74, 6) is 1.26. The third kappa shape index (κ3) is 3.77. The van der Waals surface area contributed by atoms with Gasteiger partial charge in [-0.05, 0) is 29.5 Å². The average molecular weight is 357 g/mol. The van der Waals surface area contributed by atoms with Crippen LogP contribution in [0.15, 0.2) is 53.4 Å². The molecule has 2 aromatic rings. The molecule has 1 N–H and O–H groups in total. The first-order valence-corrected chi connectivity index (χ1v) is 8.48. The topological polar surface area (TPSA) is 47.6 Å². The molecule has 4 nitrogen and oxygen atoms in total. The van der Waals surface area contributed by atoms with E-state index in [0.717, 1.165) is 22.9 Å². The lowest BCUT2D eigenvalue weighted by Gasteiger charge is -2.14. The van der Waals surface area contributed by atoms with Crippen molar-refractivity contribution in [3.05, 3.63) is 64.6 Å². The van der Waals surface area contributed by atoms with Gasteiger partial charge in [-0.1, -0.05) is 54.7 Å². The number of nitrogens with one attached hydrogen (secondary N) is 1. The van der Waals surface area contributed by atoms with Crippen molar-refractivity contribution >= 4 is 40.3 Å². The van der Waals surface area contributed by atoms with Gasteiger partial charge in [-0.15, -0.1) is 0 Å². The summed E-state index contributed by atoms with van der Waals surface area (Å²) in [5.41, 5.74) is 1.87. The molecule has 24 heavy (non-hydrogen) atoms. The Labute approximate surface area is 149 Å². The molecular weight excluding hydrogens is 342 g/mol. The van der Waals surface area contributed by atoms with Gasteiger partial charge in [-0.25, -0.2) is 0 Å². The highest BCUT2D eigenvalue weighted by Crippen LogP contribution is 2.35. The van der Waals surface area contributed by atoms with E-state index in [-0.39, 0.29) is 5.24 Å². The second-order valence-corrected chi connectivity index (χ2v) is 6.43. The summed E-state index contributed by atoms with van der Waals surface area (Å²) in [7, 11) is 1.60. The Morgan fingerprint density at radius 3 is 2.62 bits per heavy atom. The number of rotatable bonds is 5. The van der Waals surface area contributed by atoms with Gasteiger partial charge in [0, 0.05) is 5.56 Å². The third-order valence-electron chi connectivity index (χ3n) is 3.38. The summed E-state index contributed by atoms with van der Waals surface area (Å²) >= 11 is 6.25. The number of ether oxygens (including phenoxy) is 2. The SMILES string of the molecule is COc1cccc(/C=C2/SC(=O)NC2=S)c1OCc1ccccc1. The molecule has 1 aliphatic heterocycles.